The summed E-state index contributed by atoms with van der Waals surface area (Å²) in [6.07, 6.45) is 7.16. The number of carbonyl (C=O) groups excluding carboxylic acids is 1. The molecule has 0 unspecified atom stereocenters. The van der Waals surface area contributed by atoms with Crippen LogP contribution in [0.1, 0.15) is 37.8 Å². The minimum Gasteiger partial charge on any atom is -0.295 e. The van der Waals surface area contributed by atoms with E-state index in [1.165, 1.54) is 25.7 Å². The van der Waals surface area contributed by atoms with Gasteiger partial charge in [-0.25, -0.2) is 9.97 Å². The van der Waals surface area contributed by atoms with Crippen molar-refractivity contribution in [3.05, 3.63) is 18.0 Å². The first-order valence-electron chi connectivity index (χ1n) is 5.83. The highest BCUT2D eigenvalue weighted by molar-refractivity contribution is 5.89. The van der Waals surface area contributed by atoms with Crippen LogP contribution in [0.15, 0.2) is 12.3 Å². The molecule has 1 aliphatic rings. The lowest BCUT2D eigenvalue weighted by atomic mass is 10.0. The van der Waals surface area contributed by atoms with E-state index in [0.717, 1.165) is 5.69 Å². The van der Waals surface area contributed by atoms with Gasteiger partial charge in [0, 0.05) is 18.3 Å². The van der Waals surface area contributed by atoms with E-state index < -0.39 is 0 Å². The first-order valence-corrected chi connectivity index (χ1v) is 5.83. The van der Waals surface area contributed by atoms with Gasteiger partial charge in [0.05, 0.1) is 0 Å². The second kappa shape index (κ2) is 5.05. The second-order valence-corrected chi connectivity index (χ2v) is 4.42. The number of hydrogen-bond acceptors (Lipinski definition) is 3. The van der Waals surface area contributed by atoms with Crippen molar-refractivity contribution in [3.63, 3.8) is 0 Å². The molecule has 1 heterocycles. The van der Waals surface area contributed by atoms with E-state index in [9.17, 15) is 4.79 Å². The summed E-state index contributed by atoms with van der Waals surface area (Å²) in [7, 11) is 0. The van der Waals surface area contributed by atoms with E-state index in [4.69, 9.17) is 0 Å². The number of hydrogen-bond donors (Lipinski definition) is 1. The van der Waals surface area contributed by atoms with Gasteiger partial charge >= 0.3 is 0 Å². The monoisotopic (exact) mass is 219 g/mol. The van der Waals surface area contributed by atoms with Crippen molar-refractivity contribution in [1.29, 1.82) is 0 Å². The lowest BCUT2D eigenvalue weighted by molar-refractivity contribution is -0.117. The van der Waals surface area contributed by atoms with Crippen LogP contribution in [-0.4, -0.2) is 15.9 Å². The van der Waals surface area contributed by atoms with Gasteiger partial charge in [-0.05, 0) is 31.7 Å². The summed E-state index contributed by atoms with van der Waals surface area (Å²) in [5.41, 5.74) is 0.867. The number of rotatable bonds is 3. The van der Waals surface area contributed by atoms with Gasteiger partial charge in [-0.15, -0.1) is 0 Å². The fourth-order valence-electron chi connectivity index (χ4n) is 2.16. The molecule has 1 amide bonds. The number of anilines is 1. The lowest BCUT2D eigenvalue weighted by Crippen LogP contribution is -2.17. The third-order valence-electron chi connectivity index (χ3n) is 2.99. The minimum atomic E-state index is 0.0394. The van der Waals surface area contributed by atoms with Crippen molar-refractivity contribution in [2.24, 2.45) is 5.92 Å². The van der Waals surface area contributed by atoms with Crippen LogP contribution in [0.2, 0.25) is 0 Å². The summed E-state index contributed by atoms with van der Waals surface area (Å²) >= 11 is 0. The van der Waals surface area contributed by atoms with Gasteiger partial charge in [0.15, 0.2) is 0 Å². The Hall–Kier alpha value is -1.45. The third kappa shape index (κ3) is 3.02. The number of nitrogens with one attached hydrogen (secondary N) is 1. The van der Waals surface area contributed by atoms with Crippen molar-refractivity contribution >= 4 is 11.9 Å². The van der Waals surface area contributed by atoms with Gasteiger partial charge in [0.2, 0.25) is 11.9 Å². The number of carbonyl (C=O) groups is 1. The molecule has 4 nitrogen and oxygen atoms in total. The maximum absolute atomic E-state index is 11.7. The molecular weight excluding hydrogens is 202 g/mol. The Morgan fingerprint density at radius 3 is 2.94 bits per heavy atom. The third-order valence-corrected chi connectivity index (χ3v) is 2.99. The highest BCUT2D eigenvalue weighted by atomic mass is 16.1. The Morgan fingerprint density at radius 1 is 1.50 bits per heavy atom. The molecule has 0 aromatic carbocycles. The van der Waals surface area contributed by atoms with Crippen LogP contribution >= 0.6 is 0 Å². The highest BCUT2D eigenvalue weighted by Crippen LogP contribution is 2.27. The van der Waals surface area contributed by atoms with Gasteiger partial charge in [0.25, 0.3) is 0 Å². The normalized spacial score (nSPS) is 16.3. The number of aromatic nitrogens is 2. The van der Waals surface area contributed by atoms with Crippen molar-refractivity contribution in [3.8, 4) is 0 Å². The van der Waals surface area contributed by atoms with Crippen LogP contribution in [0, 0.1) is 12.8 Å². The molecule has 1 saturated carbocycles. The van der Waals surface area contributed by atoms with Gasteiger partial charge in [0.1, 0.15) is 0 Å². The number of nitrogens with zero attached hydrogens (tertiary/aromatic N) is 2. The molecule has 1 aromatic heterocycles. The van der Waals surface area contributed by atoms with E-state index in [2.05, 4.69) is 15.3 Å². The smallest absolute Gasteiger partial charge is 0.229 e. The minimum absolute atomic E-state index is 0.0394. The zero-order valence-corrected chi connectivity index (χ0v) is 9.57. The molecule has 0 bridgehead atoms. The molecule has 0 saturated heterocycles. The van der Waals surface area contributed by atoms with Crippen molar-refractivity contribution in [2.75, 3.05) is 5.32 Å². The molecule has 1 aliphatic carbocycles. The first-order chi connectivity index (χ1) is 7.74. The van der Waals surface area contributed by atoms with Crippen LogP contribution in [-0.2, 0) is 4.79 Å². The van der Waals surface area contributed by atoms with E-state index in [1.807, 2.05) is 13.0 Å². The number of aryl methyl sites for hydroxylation is 1. The molecule has 86 valence electrons. The quantitative estimate of drug-likeness (QED) is 0.848. The molecular formula is C12H17N3O. The Morgan fingerprint density at radius 2 is 2.25 bits per heavy atom. The van der Waals surface area contributed by atoms with E-state index in [0.29, 0.717) is 18.3 Å². The van der Waals surface area contributed by atoms with Crippen LogP contribution in [0.3, 0.4) is 0 Å². The molecule has 0 spiro atoms. The molecule has 0 aliphatic heterocycles. The predicted octanol–water partition coefficient (Wildman–Crippen LogP) is 2.30. The largest absolute Gasteiger partial charge is 0.295 e. The molecule has 1 N–H and O–H groups in total. The Bertz CT molecular complexity index is 372. The van der Waals surface area contributed by atoms with E-state index in [1.54, 1.807) is 6.20 Å². The molecule has 4 heteroatoms. The molecule has 1 fully saturated rings. The summed E-state index contributed by atoms with van der Waals surface area (Å²) < 4.78 is 0. The van der Waals surface area contributed by atoms with Crippen LogP contribution in [0.25, 0.3) is 0 Å². The molecule has 2 rings (SSSR count). The average molecular weight is 219 g/mol. The second-order valence-electron chi connectivity index (χ2n) is 4.42. The summed E-state index contributed by atoms with van der Waals surface area (Å²) in [5, 5.41) is 2.75. The van der Waals surface area contributed by atoms with Gasteiger partial charge in [-0.3, -0.25) is 10.1 Å². The Kier molecular flexibility index (Phi) is 3.49. The van der Waals surface area contributed by atoms with Gasteiger partial charge < -0.3 is 0 Å². The summed E-state index contributed by atoms with van der Waals surface area (Å²) in [4.78, 5) is 19.8. The SMILES string of the molecule is Cc1ccnc(NC(=O)CC2CCCC2)n1. The number of amides is 1. The van der Waals surface area contributed by atoms with Crippen molar-refractivity contribution in [1.82, 2.24) is 9.97 Å². The van der Waals surface area contributed by atoms with Crippen molar-refractivity contribution < 1.29 is 4.79 Å². The zero-order valence-electron chi connectivity index (χ0n) is 9.57. The molecule has 0 radical (unpaired) electrons. The summed E-state index contributed by atoms with van der Waals surface area (Å²) in [5.74, 6) is 1.02. The fourth-order valence-corrected chi connectivity index (χ4v) is 2.16. The lowest BCUT2D eigenvalue weighted by Gasteiger charge is -2.08. The topological polar surface area (TPSA) is 54.9 Å². The Balaban J connectivity index is 1.86. The maximum Gasteiger partial charge on any atom is 0.229 e. The fraction of sp³-hybridized carbons (Fsp3) is 0.583. The average Bonchev–Trinajstić information content (AvgIpc) is 2.70. The van der Waals surface area contributed by atoms with Gasteiger partial charge in [-0.1, -0.05) is 12.8 Å². The van der Waals surface area contributed by atoms with Crippen LogP contribution in [0.5, 0.6) is 0 Å². The molecule has 16 heavy (non-hydrogen) atoms. The highest BCUT2D eigenvalue weighted by Gasteiger charge is 2.18. The van der Waals surface area contributed by atoms with Crippen molar-refractivity contribution in [2.45, 2.75) is 39.0 Å². The van der Waals surface area contributed by atoms with E-state index >= 15 is 0 Å². The van der Waals surface area contributed by atoms with E-state index in [-0.39, 0.29) is 5.91 Å². The summed E-state index contributed by atoms with van der Waals surface area (Å²) in [6.45, 7) is 1.88. The predicted molar refractivity (Wildman–Crippen MR) is 62.0 cm³/mol. The first kappa shape index (κ1) is 11.0. The molecule has 0 atom stereocenters. The Labute approximate surface area is 95.5 Å². The standard InChI is InChI=1S/C12H17N3O/c1-9-6-7-13-12(14-9)15-11(16)8-10-4-2-3-5-10/h6-7,10H,2-5,8H2,1H3,(H,13,14,15,16). The molecule has 1 aromatic rings. The maximum atomic E-state index is 11.7. The summed E-state index contributed by atoms with van der Waals surface area (Å²) in [6, 6.07) is 1.81. The van der Waals surface area contributed by atoms with Gasteiger partial charge in [-0.2, -0.15) is 0 Å². The van der Waals surface area contributed by atoms with Crippen LogP contribution < -0.4 is 5.32 Å². The zero-order chi connectivity index (χ0) is 11.4. The van der Waals surface area contributed by atoms with Crippen LogP contribution in [0.4, 0.5) is 5.95 Å².